The van der Waals surface area contributed by atoms with Gasteiger partial charge in [-0.05, 0) is 30.9 Å². The zero-order valence-corrected chi connectivity index (χ0v) is 12.6. The van der Waals surface area contributed by atoms with Crippen LogP contribution in [0.3, 0.4) is 0 Å². The molecule has 1 aliphatic carbocycles. The van der Waals surface area contributed by atoms with Gasteiger partial charge in [0.25, 0.3) is 5.91 Å². The highest BCUT2D eigenvalue weighted by Gasteiger charge is 2.36. The van der Waals surface area contributed by atoms with Crippen LogP contribution in [-0.2, 0) is 9.53 Å². The van der Waals surface area contributed by atoms with Gasteiger partial charge < -0.3 is 10.5 Å². The highest BCUT2D eigenvalue weighted by molar-refractivity contribution is 5.95. The lowest BCUT2D eigenvalue weighted by atomic mass is 9.83. The van der Waals surface area contributed by atoms with E-state index in [-0.39, 0.29) is 23.7 Å². The molecule has 124 valence electrons. The molecule has 3 rings (SSSR count). The average Bonchev–Trinajstić information content (AvgIpc) is 2.90. The molecule has 5 nitrogen and oxygen atoms in total. The van der Waals surface area contributed by atoms with Crippen LogP contribution >= 0.6 is 0 Å². The second kappa shape index (κ2) is 6.14. The SMILES string of the molecule is NC(=O)[C@H]1CN(c2cc(F)c(C3CCCCC3)c(F)c2)C(=O)O1. The van der Waals surface area contributed by atoms with Crippen molar-refractivity contribution in [3.8, 4) is 0 Å². The third-order valence-corrected chi connectivity index (χ3v) is 4.52. The standard InChI is InChI=1S/C16H18F2N2O3/c17-11-6-10(20-8-13(15(19)21)23-16(20)22)7-12(18)14(11)9-4-2-1-3-5-9/h6-7,9,13H,1-5,8H2,(H2,19,21)/t13-/m1/s1. The van der Waals surface area contributed by atoms with Crippen molar-refractivity contribution < 1.29 is 23.1 Å². The van der Waals surface area contributed by atoms with Crippen LogP contribution in [0.2, 0.25) is 0 Å². The summed E-state index contributed by atoms with van der Waals surface area (Å²) in [6.45, 7) is -0.143. The lowest BCUT2D eigenvalue weighted by Crippen LogP contribution is -2.32. The second-order valence-electron chi connectivity index (χ2n) is 6.04. The first-order chi connectivity index (χ1) is 11.0. The third kappa shape index (κ3) is 3.00. The summed E-state index contributed by atoms with van der Waals surface area (Å²) in [6, 6.07) is 2.25. The molecule has 0 radical (unpaired) electrons. The molecule has 0 bridgehead atoms. The van der Waals surface area contributed by atoms with E-state index in [1.165, 1.54) is 0 Å². The van der Waals surface area contributed by atoms with Crippen molar-refractivity contribution in [1.29, 1.82) is 0 Å². The van der Waals surface area contributed by atoms with Gasteiger partial charge in [0.05, 0.1) is 12.2 Å². The van der Waals surface area contributed by atoms with E-state index < -0.39 is 29.7 Å². The number of primary amides is 1. The molecular weight excluding hydrogens is 306 g/mol. The van der Waals surface area contributed by atoms with E-state index in [1.807, 2.05) is 0 Å². The van der Waals surface area contributed by atoms with Crippen LogP contribution in [0.5, 0.6) is 0 Å². The minimum Gasteiger partial charge on any atom is -0.434 e. The first kappa shape index (κ1) is 15.7. The smallest absolute Gasteiger partial charge is 0.415 e. The van der Waals surface area contributed by atoms with Crippen LogP contribution in [0.25, 0.3) is 0 Å². The van der Waals surface area contributed by atoms with Gasteiger partial charge in [0.1, 0.15) is 11.6 Å². The van der Waals surface area contributed by atoms with Gasteiger partial charge in [-0.1, -0.05) is 19.3 Å². The first-order valence-electron chi connectivity index (χ1n) is 7.73. The Bertz CT molecular complexity index is 621. The highest BCUT2D eigenvalue weighted by Crippen LogP contribution is 2.37. The molecule has 1 saturated carbocycles. The molecule has 1 aromatic rings. The van der Waals surface area contributed by atoms with Gasteiger partial charge >= 0.3 is 6.09 Å². The number of carbonyl (C=O) groups is 2. The van der Waals surface area contributed by atoms with Crippen LogP contribution in [-0.4, -0.2) is 24.6 Å². The molecule has 1 saturated heterocycles. The maximum absolute atomic E-state index is 14.4. The number of cyclic esters (lactones) is 1. The maximum Gasteiger partial charge on any atom is 0.415 e. The topological polar surface area (TPSA) is 72.6 Å². The largest absolute Gasteiger partial charge is 0.434 e. The van der Waals surface area contributed by atoms with Crippen molar-refractivity contribution >= 4 is 17.7 Å². The van der Waals surface area contributed by atoms with Crippen molar-refractivity contribution in [2.24, 2.45) is 5.73 Å². The Labute approximate surface area is 132 Å². The Morgan fingerprint density at radius 2 is 1.78 bits per heavy atom. The van der Waals surface area contributed by atoms with E-state index in [4.69, 9.17) is 10.5 Å². The molecule has 7 heteroatoms. The Balaban J connectivity index is 1.88. The molecule has 0 spiro atoms. The number of rotatable bonds is 3. The number of anilines is 1. The van der Waals surface area contributed by atoms with E-state index in [0.717, 1.165) is 49.1 Å². The van der Waals surface area contributed by atoms with Crippen molar-refractivity contribution in [2.45, 2.75) is 44.1 Å². The van der Waals surface area contributed by atoms with Gasteiger partial charge in [0.2, 0.25) is 0 Å². The number of nitrogens with two attached hydrogens (primary N) is 1. The molecular formula is C16H18F2N2O3. The summed E-state index contributed by atoms with van der Waals surface area (Å²) in [7, 11) is 0. The van der Waals surface area contributed by atoms with E-state index in [0.29, 0.717) is 0 Å². The van der Waals surface area contributed by atoms with Crippen molar-refractivity contribution in [1.82, 2.24) is 0 Å². The number of halogens is 2. The van der Waals surface area contributed by atoms with Crippen LogP contribution in [0, 0.1) is 11.6 Å². The fourth-order valence-electron chi connectivity index (χ4n) is 3.33. The number of nitrogens with zero attached hydrogens (tertiary/aromatic N) is 1. The molecule has 2 amide bonds. The van der Waals surface area contributed by atoms with Gasteiger partial charge in [-0.15, -0.1) is 0 Å². The van der Waals surface area contributed by atoms with Gasteiger partial charge in [0.15, 0.2) is 6.10 Å². The molecule has 0 unspecified atom stereocenters. The Kier molecular flexibility index (Phi) is 4.19. The summed E-state index contributed by atoms with van der Waals surface area (Å²) in [6.07, 6.45) is 2.61. The maximum atomic E-state index is 14.4. The molecule has 1 aromatic carbocycles. The molecule has 2 N–H and O–H groups in total. The number of benzene rings is 1. The fraction of sp³-hybridized carbons (Fsp3) is 0.500. The lowest BCUT2D eigenvalue weighted by Gasteiger charge is -2.24. The number of carbonyl (C=O) groups excluding carboxylic acids is 2. The summed E-state index contributed by atoms with van der Waals surface area (Å²) in [5.74, 6) is -2.24. The van der Waals surface area contributed by atoms with Crippen molar-refractivity contribution in [3.05, 3.63) is 29.3 Å². The van der Waals surface area contributed by atoms with Crippen LogP contribution in [0.4, 0.5) is 19.3 Å². The monoisotopic (exact) mass is 324 g/mol. The zero-order valence-electron chi connectivity index (χ0n) is 12.6. The van der Waals surface area contributed by atoms with Gasteiger partial charge in [-0.25, -0.2) is 13.6 Å². The van der Waals surface area contributed by atoms with Crippen LogP contribution in [0.15, 0.2) is 12.1 Å². The van der Waals surface area contributed by atoms with Crippen molar-refractivity contribution in [2.75, 3.05) is 11.4 Å². The number of ether oxygens (including phenoxy) is 1. The average molecular weight is 324 g/mol. The fourth-order valence-corrected chi connectivity index (χ4v) is 3.33. The van der Waals surface area contributed by atoms with Gasteiger partial charge in [-0.3, -0.25) is 9.69 Å². The number of hydrogen-bond donors (Lipinski definition) is 1. The van der Waals surface area contributed by atoms with Gasteiger partial charge in [-0.2, -0.15) is 0 Å². The quantitative estimate of drug-likeness (QED) is 0.929. The van der Waals surface area contributed by atoms with Crippen LogP contribution < -0.4 is 10.6 Å². The third-order valence-electron chi connectivity index (χ3n) is 4.52. The molecule has 23 heavy (non-hydrogen) atoms. The minimum atomic E-state index is -1.10. The molecule has 1 heterocycles. The summed E-state index contributed by atoms with van der Waals surface area (Å²) >= 11 is 0. The summed E-state index contributed by atoms with van der Waals surface area (Å²) < 4.78 is 33.6. The lowest BCUT2D eigenvalue weighted by molar-refractivity contribution is -0.124. The summed E-state index contributed by atoms with van der Waals surface area (Å²) in [5, 5.41) is 0. The molecule has 1 aliphatic heterocycles. The van der Waals surface area contributed by atoms with E-state index >= 15 is 0 Å². The number of hydrogen-bond acceptors (Lipinski definition) is 3. The normalized spacial score (nSPS) is 22.3. The Morgan fingerprint density at radius 3 is 2.30 bits per heavy atom. The second-order valence-corrected chi connectivity index (χ2v) is 6.04. The summed E-state index contributed by atoms with van der Waals surface area (Å²) in [5.41, 5.74) is 5.22. The summed E-state index contributed by atoms with van der Waals surface area (Å²) in [4.78, 5) is 23.9. The first-order valence-corrected chi connectivity index (χ1v) is 7.73. The molecule has 2 aliphatic rings. The van der Waals surface area contributed by atoms with Crippen LogP contribution in [0.1, 0.15) is 43.6 Å². The van der Waals surface area contributed by atoms with E-state index in [1.54, 1.807) is 0 Å². The van der Waals surface area contributed by atoms with E-state index in [9.17, 15) is 18.4 Å². The van der Waals surface area contributed by atoms with Gasteiger partial charge in [0, 0.05) is 5.56 Å². The van der Waals surface area contributed by atoms with E-state index in [2.05, 4.69) is 0 Å². The Hall–Kier alpha value is -2.18. The molecule has 0 aromatic heterocycles. The number of amides is 2. The van der Waals surface area contributed by atoms with Crippen molar-refractivity contribution in [3.63, 3.8) is 0 Å². The predicted octanol–water partition coefficient (Wildman–Crippen LogP) is 2.82. The molecule has 2 fully saturated rings. The Morgan fingerprint density at radius 1 is 1.17 bits per heavy atom. The zero-order chi connectivity index (χ0) is 16.6. The highest BCUT2D eigenvalue weighted by atomic mass is 19.1. The minimum absolute atomic E-state index is 0.0355. The molecule has 1 atom stereocenters. The predicted molar refractivity (Wildman–Crippen MR) is 79.0 cm³/mol.